The van der Waals surface area contributed by atoms with E-state index in [9.17, 15) is 0 Å². The highest BCUT2D eigenvalue weighted by Crippen LogP contribution is 2.06. The van der Waals surface area contributed by atoms with E-state index in [1.165, 1.54) is 0 Å². The van der Waals surface area contributed by atoms with Gasteiger partial charge in [0.2, 0.25) is 0 Å². The molecule has 0 saturated carbocycles. The lowest BCUT2D eigenvalue weighted by molar-refractivity contribution is 0.753. The number of nitrogens with zero attached hydrogens (tertiary/aromatic N) is 3. The van der Waals surface area contributed by atoms with Crippen molar-refractivity contribution in [3.05, 3.63) is 17.3 Å². The standard InChI is InChI=1S/C6H7N5S/c7-2-11-3-9-5-4(11)1-8-6(12)10-5/h1,3H,2,7H2,(H,8,10,12). The largest absolute Gasteiger partial charge is 0.315 e. The Morgan fingerprint density at radius 2 is 2.42 bits per heavy atom. The van der Waals surface area contributed by atoms with Crippen molar-refractivity contribution in [3.8, 4) is 0 Å². The van der Waals surface area contributed by atoms with Gasteiger partial charge in [0.1, 0.15) is 5.52 Å². The van der Waals surface area contributed by atoms with Gasteiger partial charge in [-0.05, 0) is 12.2 Å². The predicted molar refractivity (Wildman–Crippen MR) is 46.9 cm³/mol. The van der Waals surface area contributed by atoms with Gasteiger partial charge in [-0.3, -0.25) is 0 Å². The maximum atomic E-state index is 5.45. The zero-order valence-corrected chi connectivity index (χ0v) is 7.01. The monoisotopic (exact) mass is 181 g/mol. The fourth-order valence-electron chi connectivity index (χ4n) is 1.02. The van der Waals surface area contributed by atoms with E-state index < -0.39 is 0 Å². The molecule has 0 fully saturated rings. The molecule has 0 aliphatic rings. The van der Waals surface area contributed by atoms with Crippen LogP contribution in [0.3, 0.4) is 0 Å². The van der Waals surface area contributed by atoms with Crippen LogP contribution < -0.4 is 5.73 Å². The molecule has 0 bridgehead atoms. The predicted octanol–water partition coefficient (Wildman–Crippen LogP) is 0.405. The highest BCUT2D eigenvalue weighted by atomic mass is 32.1. The molecule has 0 spiro atoms. The molecule has 2 aromatic rings. The van der Waals surface area contributed by atoms with Gasteiger partial charge in [-0.15, -0.1) is 0 Å². The minimum atomic E-state index is 0.392. The van der Waals surface area contributed by atoms with Crippen LogP contribution >= 0.6 is 12.2 Å². The molecule has 3 N–H and O–H groups in total. The van der Waals surface area contributed by atoms with E-state index in [1.807, 2.05) is 0 Å². The molecule has 2 aromatic heterocycles. The van der Waals surface area contributed by atoms with Crippen LogP contribution in [0.1, 0.15) is 0 Å². The van der Waals surface area contributed by atoms with Crippen molar-refractivity contribution in [1.82, 2.24) is 19.5 Å². The summed E-state index contributed by atoms with van der Waals surface area (Å²) in [6.07, 6.45) is 3.31. The van der Waals surface area contributed by atoms with Crippen LogP contribution in [0.4, 0.5) is 0 Å². The molecule has 0 saturated heterocycles. The van der Waals surface area contributed by atoms with Crippen molar-refractivity contribution in [2.24, 2.45) is 5.73 Å². The van der Waals surface area contributed by atoms with Crippen LogP contribution in [0.5, 0.6) is 0 Å². The van der Waals surface area contributed by atoms with Gasteiger partial charge in [0.25, 0.3) is 0 Å². The Morgan fingerprint density at radius 1 is 1.58 bits per heavy atom. The number of nitrogens with one attached hydrogen (secondary N) is 1. The summed E-state index contributed by atoms with van der Waals surface area (Å²) in [4.78, 5) is 10.9. The van der Waals surface area contributed by atoms with E-state index in [1.54, 1.807) is 17.1 Å². The number of imidazole rings is 1. The number of hydrogen-bond donors (Lipinski definition) is 2. The zero-order chi connectivity index (χ0) is 8.55. The Labute approximate surface area is 73.3 Å². The third-order valence-corrected chi connectivity index (χ3v) is 1.81. The van der Waals surface area contributed by atoms with Crippen molar-refractivity contribution in [2.45, 2.75) is 6.67 Å². The topological polar surface area (TPSA) is 72.5 Å². The van der Waals surface area contributed by atoms with Gasteiger partial charge < -0.3 is 15.3 Å². The van der Waals surface area contributed by atoms with Crippen LogP contribution in [0.25, 0.3) is 11.2 Å². The van der Waals surface area contributed by atoms with Gasteiger partial charge in [-0.2, -0.15) is 0 Å². The van der Waals surface area contributed by atoms with Crippen LogP contribution in [0.15, 0.2) is 12.5 Å². The zero-order valence-electron chi connectivity index (χ0n) is 6.19. The number of aromatic amines is 1. The first-order valence-corrected chi connectivity index (χ1v) is 3.82. The Balaban J connectivity index is 2.81. The first kappa shape index (κ1) is 7.38. The number of fused-ring (bicyclic) bond motifs is 1. The van der Waals surface area contributed by atoms with Crippen molar-refractivity contribution < 1.29 is 0 Å². The van der Waals surface area contributed by atoms with Crippen LogP contribution in [-0.4, -0.2) is 19.5 Å². The second kappa shape index (κ2) is 2.65. The summed E-state index contributed by atoms with van der Waals surface area (Å²) < 4.78 is 2.22. The molecular weight excluding hydrogens is 174 g/mol. The first-order chi connectivity index (χ1) is 5.81. The highest BCUT2D eigenvalue weighted by Gasteiger charge is 1.99. The van der Waals surface area contributed by atoms with Gasteiger partial charge in [0.15, 0.2) is 10.4 Å². The molecule has 0 aliphatic carbocycles. The Bertz CT molecular complexity index is 456. The first-order valence-electron chi connectivity index (χ1n) is 3.41. The van der Waals surface area contributed by atoms with E-state index in [0.717, 1.165) is 11.2 Å². The van der Waals surface area contributed by atoms with Gasteiger partial charge in [-0.25, -0.2) is 9.97 Å². The minimum absolute atomic E-state index is 0.392. The van der Waals surface area contributed by atoms with Crippen molar-refractivity contribution >= 4 is 23.4 Å². The van der Waals surface area contributed by atoms with E-state index in [0.29, 0.717) is 11.4 Å². The second-order valence-electron chi connectivity index (χ2n) is 2.32. The molecule has 5 nitrogen and oxygen atoms in total. The maximum Gasteiger partial charge on any atom is 0.198 e. The normalized spacial score (nSPS) is 10.8. The quantitative estimate of drug-likeness (QED) is 0.625. The average molecular weight is 181 g/mol. The number of nitrogens with two attached hydrogens (primary N) is 1. The van der Waals surface area contributed by atoms with Crippen molar-refractivity contribution in [1.29, 1.82) is 0 Å². The number of hydrogen-bond acceptors (Lipinski definition) is 4. The molecule has 0 unspecified atom stereocenters. The summed E-state index contributed by atoms with van der Waals surface area (Å²) in [5.74, 6) is 0. The number of aromatic nitrogens is 4. The molecular formula is C6H7N5S. The molecule has 12 heavy (non-hydrogen) atoms. The molecule has 0 aromatic carbocycles. The molecule has 2 heterocycles. The fraction of sp³-hybridized carbons (Fsp3) is 0.167. The van der Waals surface area contributed by atoms with Gasteiger partial charge >= 0.3 is 0 Å². The van der Waals surface area contributed by atoms with Crippen LogP contribution in [-0.2, 0) is 6.67 Å². The summed E-state index contributed by atoms with van der Waals surface area (Å²) in [7, 11) is 0. The molecule has 0 atom stereocenters. The summed E-state index contributed by atoms with van der Waals surface area (Å²) in [5, 5.41) is 0. The molecule has 6 heteroatoms. The minimum Gasteiger partial charge on any atom is -0.315 e. The lowest BCUT2D eigenvalue weighted by Crippen LogP contribution is -2.05. The van der Waals surface area contributed by atoms with Crippen LogP contribution in [0, 0.1) is 4.77 Å². The molecule has 0 amide bonds. The van der Waals surface area contributed by atoms with Crippen molar-refractivity contribution in [3.63, 3.8) is 0 Å². The number of H-pyrrole nitrogens is 1. The number of rotatable bonds is 1. The fourth-order valence-corrected chi connectivity index (χ4v) is 1.17. The van der Waals surface area contributed by atoms with E-state index in [2.05, 4.69) is 15.0 Å². The SMILES string of the molecule is NCn1cnc2[nH]c(=S)ncc21. The summed E-state index contributed by atoms with van der Waals surface area (Å²) in [5.41, 5.74) is 7.04. The maximum absolute atomic E-state index is 5.45. The second-order valence-corrected chi connectivity index (χ2v) is 2.71. The summed E-state index contributed by atoms with van der Waals surface area (Å²) in [6.45, 7) is 0.392. The van der Waals surface area contributed by atoms with E-state index >= 15 is 0 Å². The third kappa shape index (κ3) is 1.01. The lowest BCUT2D eigenvalue weighted by Gasteiger charge is -1.95. The lowest BCUT2D eigenvalue weighted by atomic mass is 10.5. The van der Waals surface area contributed by atoms with Gasteiger partial charge in [-0.1, -0.05) is 0 Å². The molecule has 2 rings (SSSR count). The van der Waals surface area contributed by atoms with E-state index in [4.69, 9.17) is 18.0 Å². The van der Waals surface area contributed by atoms with Crippen molar-refractivity contribution in [2.75, 3.05) is 0 Å². The van der Waals surface area contributed by atoms with Gasteiger partial charge in [0, 0.05) is 0 Å². The molecule has 0 radical (unpaired) electrons. The highest BCUT2D eigenvalue weighted by molar-refractivity contribution is 7.71. The smallest absolute Gasteiger partial charge is 0.198 e. The third-order valence-electron chi connectivity index (χ3n) is 1.60. The Hall–Kier alpha value is -1.27. The average Bonchev–Trinajstić information content (AvgIpc) is 2.46. The van der Waals surface area contributed by atoms with Gasteiger partial charge in [0.05, 0.1) is 19.2 Å². The Kier molecular flexibility index (Phi) is 1.63. The molecule has 0 aliphatic heterocycles. The van der Waals surface area contributed by atoms with E-state index in [-0.39, 0.29) is 0 Å². The summed E-state index contributed by atoms with van der Waals surface area (Å²) in [6, 6.07) is 0. The van der Waals surface area contributed by atoms with Crippen LogP contribution in [0.2, 0.25) is 0 Å². The Morgan fingerprint density at radius 3 is 3.17 bits per heavy atom. The molecule has 62 valence electrons. The summed E-state index contributed by atoms with van der Waals surface area (Å²) >= 11 is 4.84.